The van der Waals surface area contributed by atoms with Crippen molar-refractivity contribution in [3.8, 4) is 0 Å². The van der Waals surface area contributed by atoms with Gasteiger partial charge in [-0.1, -0.05) is 52.6 Å². The smallest absolute Gasteiger partial charge is 0.408 e. The molecule has 3 N–H and O–H groups in total. The summed E-state index contributed by atoms with van der Waals surface area (Å²) in [5.41, 5.74) is 9.87. The van der Waals surface area contributed by atoms with Crippen molar-refractivity contribution < 1.29 is 23.9 Å². The largest absolute Gasteiger partial charge is 0.465 e. The van der Waals surface area contributed by atoms with Crippen LogP contribution in [0.4, 0.5) is 14.9 Å². The summed E-state index contributed by atoms with van der Waals surface area (Å²) in [5, 5.41) is 17.4. The molecule has 13 heteroatoms. The lowest BCUT2D eigenvalue weighted by Gasteiger charge is -2.34. The van der Waals surface area contributed by atoms with E-state index in [-0.39, 0.29) is 41.7 Å². The van der Waals surface area contributed by atoms with E-state index in [0.29, 0.717) is 0 Å². The molecule has 2 aromatic rings. The van der Waals surface area contributed by atoms with E-state index in [4.69, 9.17) is 28.7 Å². The fourth-order valence-corrected chi connectivity index (χ4v) is 3.88. The summed E-state index contributed by atoms with van der Waals surface area (Å²) in [4.78, 5) is 41.3. The summed E-state index contributed by atoms with van der Waals surface area (Å²) in [6.07, 6.45) is -1.29. The van der Waals surface area contributed by atoms with E-state index < -0.39 is 35.8 Å². The Kier molecular flexibility index (Phi) is 8.17. The third-order valence-electron chi connectivity index (χ3n) is 5.30. The molecule has 2 unspecified atom stereocenters. The van der Waals surface area contributed by atoms with Gasteiger partial charge in [0.25, 0.3) is 0 Å². The number of fused-ring (bicyclic) bond motifs is 1. The lowest BCUT2D eigenvalue weighted by atomic mass is 9.93. The molecule has 0 aliphatic carbocycles. The van der Waals surface area contributed by atoms with Crippen molar-refractivity contribution in [3.63, 3.8) is 0 Å². The molecule has 0 radical (unpaired) electrons. The van der Waals surface area contributed by atoms with Gasteiger partial charge in [-0.3, -0.25) is 14.5 Å². The van der Waals surface area contributed by atoms with Crippen molar-refractivity contribution in [3.05, 3.63) is 73.8 Å². The number of hydrogen-bond acceptors (Lipinski definition) is 4. The first kappa shape index (κ1) is 25.1. The number of hydrogen-bond donors (Lipinski definition) is 3. The second-order valence-electron chi connectivity index (χ2n) is 7.42. The van der Waals surface area contributed by atoms with E-state index >= 15 is 0 Å². The van der Waals surface area contributed by atoms with Gasteiger partial charge in [0.15, 0.2) is 5.82 Å². The monoisotopic (exact) mass is 508 g/mol. The number of rotatable bonds is 7. The molecule has 3 amide bonds. The third-order valence-corrected chi connectivity index (χ3v) is 6.09. The van der Waals surface area contributed by atoms with E-state index in [1.165, 1.54) is 12.1 Å². The molecule has 1 aliphatic heterocycles. The van der Waals surface area contributed by atoms with Crippen molar-refractivity contribution >= 4 is 46.8 Å². The minimum absolute atomic E-state index is 0.00761. The highest BCUT2D eigenvalue weighted by Crippen LogP contribution is 2.30. The Morgan fingerprint density at radius 3 is 2.62 bits per heavy atom. The van der Waals surface area contributed by atoms with E-state index in [2.05, 4.69) is 20.7 Å². The first-order valence-corrected chi connectivity index (χ1v) is 10.8. The Labute approximate surface area is 203 Å². The quantitative estimate of drug-likeness (QED) is 0.220. The van der Waals surface area contributed by atoms with Crippen LogP contribution in [0.25, 0.3) is 10.4 Å². The number of carbonyl (C=O) groups is 3. The van der Waals surface area contributed by atoms with Gasteiger partial charge in [0.1, 0.15) is 12.1 Å². The van der Waals surface area contributed by atoms with Crippen molar-refractivity contribution in [1.82, 2.24) is 10.2 Å². The molecule has 2 atom stereocenters. The van der Waals surface area contributed by atoms with Crippen LogP contribution in [0.5, 0.6) is 0 Å². The van der Waals surface area contributed by atoms with E-state index in [0.717, 1.165) is 16.0 Å². The van der Waals surface area contributed by atoms with Crippen LogP contribution in [-0.4, -0.2) is 46.5 Å². The van der Waals surface area contributed by atoms with Gasteiger partial charge in [-0.25, -0.2) is 9.18 Å². The van der Waals surface area contributed by atoms with Crippen molar-refractivity contribution in [2.75, 3.05) is 11.9 Å². The highest BCUT2D eigenvalue weighted by atomic mass is 35.5. The zero-order valence-electron chi connectivity index (χ0n) is 17.5. The number of amides is 3. The van der Waals surface area contributed by atoms with Gasteiger partial charge >= 0.3 is 6.09 Å². The summed E-state index contributed by atoms with van der Waals surface area (Å²) in [6, 6.07) is 7.29. The fourth-order valence-electron chi connectivity index (χ4n) is 3.57. The second kappa shape index (κ2) is 11.1. The van der Waals surface area contributed by atoms with Crippen LogP contribution < -0.4 is 10.6 Å². The maximum absolute atomic E-state index is 14.4. The van der Waals surface area contributed by atoms with Crippen molar-refractivity contribution in [1.29, 1.82) is 0 Å². The number of nitrogens with one attached hydrogen (secondary N) is 2. The second-order valence-corrected chi connectivity index (χ2v) is 8.20. The first-order valence-electron chi connectivity index (χ1n) is 10.0. The van der Waals surface area contributed by atoms with Crippen LogP contribution >= 0.6 is 23.2 Å². The van der Waals surface area contributed by atoms with Crippen LogP contribution in [-0.2, 0) is 22.6 Å². The Morgan fingerprint density at radius 1 is 1.24 bits per heavy atom. The predicted molar refractivity (Wildman–Crippen MR) is 123 cm³/mol. The van der Waals surface area contributed by atoms with Crippen LogP contribution in [0.2, 0.25) is 10.0 Å². The van der Waals surface area contributed by atoms with Crippen LogP contribution in [0, 0.1) is 5.82 Å². The topological polar surface area (TPSA) is 148 Å². The van der Waals surface area contributed by atoms with E-state index in [1.54, 1.807) is 24.3 Å². The van der Waals surface area contributed by atoms with Gasteiger partial charge in [0.2, 0.25) is 11.8 Å². The number of halogens is 3. The summed E-state index contributed by atoms with van der Waals surface area (Å²) in [6.45, 7) is -0.136. The molecule has 3 rings (SSSR count). The molecule has 0 bridgehead atoms. The zero-order valence-corrected chi connectivity index (χ0v) is 19.1. The van der Waals surface area contributed by atoms with Crippen LogP contribution in [0.3, 0.4) is 0 Å². The predicted octanol–water partition coefficient (Wildman–Crippen LogP) is 4.36. The molecule has 0 spiro atoms. The normalized spacial score (nSPS) is 15.5. The SMILES string of the molecule is [N-]=[N+]=NCCC(NC(=O)C1Cc2ccccc2CN1C(=O)O)C(=O)Nc1ccc(Cl)c(Cl)c1F. The zero-order chi connectivity index (χ0) is 24.8. The molecule has 10 nitrogen and oxygen atoms in total. The fraction of sp³-hybridized carbons (Fsp3) is 0.286. The molecular weight excluding hydrogens is 490 g/mol. The van der Waals surface area contributed by atoms with Gasteiger partial charge < -0.3 is 15.7 Å². The Hall–Kier alpha value is -3.53. The number of anilines is 1. The van der Waals surface area contributed by atoms with Crippen molar-refractivity contribution in [2.45, 2.75) is 31.5 Å². The highest BCUT2D eigenvalue weighted by molar-refractivity contribution is 6.42. The molecule has 34 heavy (non-hydrogen) atoms. The molecule has 0 aromatic heterocycles. The van der Waals surface area contributed by atoms with Gasteiger partial charge in [0.05, 0.1) is 22.3 Å². The average molecular weight is 509 g/mol. The number of azide groups is 1. The molecule has 0 fully saturated rings. The maximum atomic E-state index is 14.4. The van der Waals surface area contributed by atoms with Crippen LogP contribution in [0.15, 0.2) is 41.5 Å². The van der Waals surface area contributed by atoms with Gasteiger partial charge in [-0.15, -0.1) is 0 Å². The maximum Gasteiger partial charge on any atom is 0.408 e. The Balaban J connectivity index is 1.81. The summed E-state index contributed by atoms with van der Waals surface area (Å²) in [5.74, 6) is -2.48. The lowest BCUT2D eigenvalue weighted by molar-refractivity contribution is -0.130. The molecule has 0 saturated heterocycles. The van der Waals surface area contributed by atoms with Crippen molar-refractivity contribution in [2.24, 2.45) is 5.11 Å². The summed E-state index contributed by atoms with van der Waals surface area (Å²) < 4.78 is 14.4. The minimum atomic E-state index is -1.29. The Morgan fingerprint density at radius 2 is 1.94 bits per heavy atom. The molecule has 2 aromatic carbocycles. The average Bonchev–Trinajstić information content (AvgIpc) is 2.82. The van der Waals surface area contributed by atoms with Crippen LogP contribution in [0.1, 0.15) is 17.5 Å². The summed E-state index contributed by atoms with van der Waals surface area (Å²) in [7, 11) is 0. The molecular formula is C21H19Cl2FN6O4. The van der Waals surface area contributed by atoms with Gasteiger partial charge in [0, 0.05) is 17.9 Å². The molecule has 1 heterocycles. The molecule has 1 aliphatic rings. The van der Waals surface area contributed by atoms with E-state index in [1.807, 2.05) is 0 Å². The number of benzene rings is 2. The Bertz CT molecular complexity index is 1170. The van der Waals surface area contributed by atoms with Gasteiger partial charge in [-0.05, 0) is 35.2 Å². The van der Waals surface area contributed by atoms with Gasteiger partial charge in [-0.2, -0.15) is 0 Å². The molecule has 0 saturated carbocycles. The highest BCUT2D eigenvalue weighted by Gasteiger charge is 2.36. The number of carbonyl (C=O) groups excluding carboxylic acids is 2. The third kappa shape index (κ3) is 5.69. The minimum Gasteiger partial charge on any atom is -0.465 e. The van der Waals surface area contributed by atoms with E-state index in [9.17, 15) is 23.9 Å². The standard InChI is InChI=1S/C21H19Cl2FN6O4/c22-13-5-6-14(18(24)17(13)23)27-19(31)15(7-8-26-29-25)28-20(32)16-9-11-3-1-2-4-12(11)10-30(16)21(33)34/h1-6,15-16H,7-10H2,(H,27,31)(H,28,32)(H,33,34). The first-order chi connectivity index (χ1) is 16.2. The number of nitrogens with zero attached hydrogens (tertiary/aromatic N) is 4. The molecule has 178 valence electrons. The summed E-state index contributed by atoms with van der Waals surface area (Å²) >= 11 is 11.5. The lowest BCUT2D eigenvalue weighted by Crippen LogP contribution is -2.56. The number of carboxylic acid groups (broad SMARTS) is 1.